The Balaban J connectivity index is 1.84. The van der Waals surface area contributed by atoms with Crippen LogP contribution in [0, 0.1) is 0 Å². The summed E-state index contributed by atoms with van der Waals surface area (Å²) in [5, 5.41) is 3.09. The Bertz CT molecular complexity index is 1460. The van der Waals surface area contributed by atoms with E-state index < -0.39 is 17.2 Å². The van der Waals surface area contributed by atoms with Crippen LogP contribution in [0.2, 0.25) is 0 Å². The second-order valence-corrected chi connectivity index (χ2v) is 7.63. The number of nitrogens with one attached hydrogen (secondary N) is 1. The van der Waals surface area contributed by atoms with Gasteiger partial charge in [-0.2, -0.15) is 0 Å². The Labute approximate surface area is 183 Å². The fourth-order valence-corrected chi connectivity index (χ4v) is 3.74. The second-order valence-electron chi connectivity index (χ2n) is 7.63. The van der Waals surface area contributed by atoms with Crippen molar-refractivity contribution in [2.24, 2.45) is 14.1 Å². The van der Waals surface area contributed by atoms with Crippen LogP contribution in [0.5, 0.6) is 0 Å². The Morgan fingerprint density at radius 2 is 1.56 bits per heavy atom. The first-order valence-corrected chi connectivity index (χ1v) is 10.0. The van der Waals surface area contributed by atoms with Gasteiger partial charge in [-0.15, -0.1) is 0 Å². The number of anilines is 1. The molecule has 0 aliphatic heterocycles. The molecule has 0 spiro atoms. The molecule has 162 valence electrons. The van der Waals surface area contributed by atoms with E-state index in [1.165, 1.54) is 24.6 Å². The maximum absolute atomic E-state index is 13.2. The van der Waals surface area contributed by atoms with E-state index in [-0.39, 0.29) is 16.9 Å². The monoisotopic (exact) mass is 430 g/mol. The maximum atomic E-state index is 13.2. The smallest absolute Gasteiger partial charge is 0.321 e. The molecule has 8 heteroatoms. The van der Waals surface area contributed by atoms with E-state index >= 15 is 0 Å². The number of Topliss-reactive ketones (excluding diaryl/α,β-unsaturated/α-hetero) is 1. The van der Waals surface area contributed by atoms with Gasteiger partial charge < -0.3 is 9.88 Å². The highest BCUT2D eigenvalue weighted by atomic mass is 16.2. The highest BCUT2D eigenvalue weighted by Gasteiger charge is 2.21. The van der Waals surface area contributed by atoms with Crippen LogP contribution in [-0.2, 0) is 20.6 Å². The number of ketones is 1. The highest BCUT2D eigenvalue weighted by Crippen LogP contribution is 2.20. The first-order valence-electron chi connectivity index (χ1n) is 10.0. The zero-order valence-electron chi connectivity index (χ0n) is 18.0. The highest BCUT2D eigenvalue weighted by molar-refractivity contribution is 6.06. The van der Waals surface area contributed by atoms with Crippen molar-refractivity contribution < 1.29 is 9.59 Å². The molecule has 4 aromatic rings. The molecule has 0 atom stereocenters. The Morgan fingerprint density at radius 3 is 2.19 bits per heavy atom. The van der Waals surface area contributed by atoms with Gasteiger partial charge in [0.2, 0.25) is 0 Å². The fraction of sp³-hybridized carbons (Fsp3) is 0.167. The van der Waals surface area contributed by atoms with Crippen LogP contribution in [0.1, 0.15) is 33.3 Å². The van der Waals surface area contributed by atoms with E-state index in [1.54, 1.807) is 35.9 Å². The molecule has 2 heterocycles. The third-order valence-corrected chi connectivity index (χ3v) is 5.46. The zero-order valence-corrected chi connectivity index (χ0v) is 18.0. The van der Waals surface area contributed by atoms with E-state index in [0.29, 0.717) is 23.4 Å². The van der Waals surface area contributed by atoms with Gasteiger partial charge in [0.05, 0.1) is 5.39 Å². The maximum Gasteiger partial charge on any atom is 0.332 e. The summed E-state index contributed by atoms with van der Waals surface area (Å²) < 4.78 is 4.07. The zero-order chi connectivity index (χ0) is 23.0. The Morgan fingerprint density at radius 1 is 0.906 bits per heavy atom. The summed E-state index contributed by atoms with van der Waals surface area (Å²) in [6, 6.07) is 17.6. The number of fused-ring (bicyclic) bond motifs is 1. The van der Waals surface area contributed by atoms with Crippen LogP contribution in [0.4, 0.5) is 5.69 Å². The number of carbonyl (C=O) groups excluding carboxylic acids is 2. The number of aromatic nitrogens is 3. The van der Waals surface area contributed by atoms with E-state index in [1.807, 2.05) is 30.3 Å². The lowest BCUT2D eigenvalue weighted by molar-refractivity contribution is 0.101. The first kappa shape index (κ1) is 21.0. The number of benzene rings is 2. The number of rotatable bonds is 5. The van der Waals surface area contributed by atoms with Crippen LogP contribution >= 0.6 is 0 Å². The molecule has 1 N–H and O–H groups in total. The van der Waals surface area contributed by atoms with Crippen LogP contribution in [0.3, 0.4) is 0 Å². The van der Waals surface area contributed by atoms with Crippen molar-refractivity contribution in [2.45, 2.75) is 13.5 Å². The largest absolute Gasteiger partial charge is 0.332 e. The molecule has 0 saturated carbocycles. The van der Waals surface area contributed by atoms with Crippen LogP contribution in [0.25, 0.3) is 11.0 Å². The molecule has 4 rings (SSSR count). The average molecular weight is 430 g/mol. The van der Waals surface area contributed by atoms with E-state index in [9.17, 15) is 19.2 Å². The summed E-state index contributed by atoms with van der Waals surface area (Å²) in [6.45, 7) is 1.78. The molecule has 0 aliphatic carbocycles. The molecular weight excluding hydrogens is 408 g/mol. The molecule has 0 unspecified atom stereocenters. The summed E-state index contributed by atoms with van der Waals surface area (Å²) >= 11 is 0. The summed E-state index contributed by atoms with van der Waals surface area (Å²) in [6.07, 6.45) is 0. The second kappa shape index (κ2) is 8.14. The Kier molecular flexibility index (Phi) is 5.36. The van der Waals surface area contributed by atoms with Gasteiger partial charge in [-0.05, 0) is 42.8 Å². The number of amides is 1. The number of carbonyl (C=O) groups is 2. The lowest BCUT2D eigenvalue weighted by atomic mass is 10.1. The summed E-state index contributed by atoms with van der Waals surface area (Å²) in [4.78, 5) is 50.0. The first-order chi connectivity index (χ1) is 15.3. The van der Waals surface area contributed by atoms with Crippen molar-refractivity contribution in [3.05, 3.63) is 98.3 Å². The third-order valence-electron chi connectivity index (χ3n) is 5.46. The fourth-order valence-electron chi connectivity index (χ4n) is 3.74. The number of hydrogen-bond acceptors (Lipinski definition) is 4. The average Bonchev–Trinajstić information content (AvgIpc) is 3.16. The summed E-state index contributed by atoms with van der Waals surface area (Å²) in [7, 11) is 2.99. The molecule has 0 radical (unpaired) electrons. The van der Waals surface area contributed by atoms with Crippen molar-refractivity contribution >= 4 is 28.4 Å². The Hall–Kier alpha value is -4.20. The molecule has 0 fully saturated rings. The van der Waals surface area contributed by atoms with Crippen LogP contribution in [-0.4, -0.2) is 25.4 Å². The molecule has 0 aliphatic rings. The number of aryl methyl sites for hydroxylation is 1. The van der Waals surface area contributed by atoms with Crippen LogP contribution in [0.15, 0.2) is 70.3 Å². The molecule has 1 amide bonds. The summed E-state index contributed by atoms with van der Waals surface area (Å²) in [5.41, 5.74) is 1.66. The van der Waals surface area contributed by atoms with Crippen molar-refractivity contribution in [3.8, 4) is 0 Å². The van der Waals surface area contributed by atoms with Gasteiger partial charge in [0.15, 0.2) is 5.78 Å². The topological polar surface area (TPSA) is 95.1 Å². The van der Waals surface area contributed by atoms with Crippen molar-refractivity contribution in [2.75, 3.05) is 5.32 Å². The third kappa shape index (κ3) is 3.66. The van der Waals surface area contributed by atoms with Crippen molar-refractivity contribution in [1.82, 2.24) is 13.7 Å². The van der Waals surface area contributed by atoms with E-state index in [2.05, 4.69) is 5.32 Å². The quantitative estimate of drug-likeness (QED) is 0.492. The molecule has 2 aromatic carbocycles. The minimum Gasteiger partial charge on any atom is -0.321 e. The summed E-state index contributed by atoms with van der Waals surface area (Å²) in [5.74, 6) is -0.496. The number of nitrogens with zero attached hydrogens (tertiary/aromatic N) is 3. The predicted molar refractivity (Wildman–Crippen MR) is 122 cm³/mol. The lowest BCUT2D eigenvalue weighted by Gasteiger charge is -2.13. The number of hydrogen-bond donors (Lipinski definition) is 1. The predicted octanol–water partition coefficient (Wildman–Crippen LogP) is 2.54. The molecule has 2 aromatic heterocycles. The molecule has 32 heavy (non-hydrogen) atoms. The van der Waals surface area contributed by atoms with Gasteiger partial charge in [-0.1, -0.05) is 30.3 Å². The van der Waals surface area contributed by atoms with Gasteiger partial charge in [0.1, 0.15) is 11.3 Å². The van der Waals surface area contributed by atoms with E-state index in [4.69, 9.17) is 0 Å². The van der Waals surface area contributed by atoms with Crippen molar-refractivity contribution in [3.63, 3.8) is 0 Å². The molecule has 0 bridgehead atoms. The normalized spacial score (nSPS) is 11.0. The van der Waals surface area contributed by atoms with E-state index in [0.717, 1.165) is 10.1 Å². The van der Waals surface area contributed by atoms with Gasteiger partial charge in [-0.25, -0.2) is 4.79 Å². The lowest BCUT2D eigenvalue weighted by Crippen LogP contribution is -2.37. The van der Waals surface area contributed by atoms with Gasteiger partial charge >= 0.3 is 5.69 Å². The van der Waals surface area contributed by atoms with Gasteiger partial charge in [0.25, 0.3) is 11.5 Å². The standard InChI is InChI=1S/C24H22N4O4/c1-15(29)17-9-11-18(12-10-17)25-21(30)20-13-19-22(26(2)24(32)27(3)23(19)31)28(20)14-16-7-5-4-6-8-16/h4-13H,14H2,1-3H3,(H,25,30). The van der Waals surface area contributed by atoms with Crippen molar-refractivity contribution in [1.29, 1.82) is 0 Å². The van der Waals surface area contributed by atoms with Crippen LogP contribution < -0.4 is 16.6 Å². The minimum absolute atomic E-state index is 0.0670. The minimum atomic E-state index is -0.471. The SMILES string of the molecule is CC(=O)c1ccc(NC(=O)c2cc3c(=O)n(C)c(=O)n(C)c3n2Cc2ccccc2)cc1. The van der Waals surface area contributed by atoms with Gasteiger partial charge in [-0.3, -0.25) is 23.5 Å². The molecule has 0 saturated heterocycles. The molecular formula is C24H22N4O4. The molecule has 8 nitrogen and oxygen atoms in total. The van der Waals surface area contributed by atoms with Gasteiger partial charge in [0, 0.05) is 31.9 Å².